The fourth-order valence-corrected chi connectivity index (χ4v) is 0.857. The smallest absolute Gasteiger partial charge is 0.335 e. The standard InChI is InChI=1S/C8H11NO2/c1-2-5-11-8(10)7-3-4-9-6-7/h2-3,9H,1,4-6H2. The Morgan fingerprint density at radius 3 is 3.27 bits per heavy atom. The minimum absolute atomic E-state index is 0.241. The van der Waals surface area contributed by atoms with Crippen molar-refractivity contribution in [3.8, 4) is 0 Å². The van der Waals surface area contributed by atoms with E-state index >= 15 is 0 Å². The number of ether oxygens (including phenoxy) is 1. The zero-order chi connectivity index (χ0) is 8.10. The normalized spacial score (nSPS) is 15.8. The molecule has 0 radical (unpaired) electrons. The highest BCUT2D eigenvalue weighted by Gasteiger charge is 2.12. The van der Waals surface area contributed by atoms with Crippen molar-refractivity contribution in [2.75, 3.05) is 19.7 Å². The van der Waals surface area contributed by atoms with Gasteiger partial charge in [-0.25, -0.2) is 4.79 Å². The number of nitrogens with one attached hydrogen (secondary N) is 1. The molecule has 3 heteroatoms. The van der Waals surface area contributed by atoms with Crippen LogP contribution < -0.4 is 5.32 Å². The third-order valence-corrected chi connectivity index (χ3v) is 1.40. The minimum Gasteiger partial charge on any atom is -0.458 e. The molecule has 1 rings (SSSR count). The van der Waals surface area contributed by atoms with Gasteiger partial charge in [-0.2, -0.15) is 0 Å². The molecule has 0 saturated carbocycles. The first kappa shape index (κ1) is 8.01. The lowest BCUT2D eigenvalue weighted by atomic mass is 10.3. The van der Waals surface area contributed by atoms with E-state index in [4.69, 9.17) is 4.74 Å². The number of carbonyl (C=O) groups is 1. The summed E-state index contributed by atoms with van der Waals surface area (Å²) in [6, 6.07) is 0. The number of hydrogen-bond donors (Lipinski definition) is 1. The molecule has 60 valence electrons. The van der Waals surface area contributed by atoms with E-state index in [1.165, 1.54) is 0 Å². The van der Waals surface area contributed by atoms with E-state index < -0.39 is 0 Å². The van der Waals surface area contributed by atoms with Gasteiger partial charge in [0.15, 0.2) is 0 Å². The van der Waals surface area contributed by atoms with Crippen molar-refractivity contribution >= 4 is 5.97 Å². The topological polar surface area (TPSA) is 38.3 Å². The maximum atomic E-state index is 11.0. The molecule has 0 aliphatic carbocycles. The highest BCUT2D eigenvalue weighted by Crippen LogP contribution is 2.00. The predicted octanol–water partition coefficient (Wildman–Crippen LogP) is 0.245. The highest BCUT2D eigenvalue weighted by atomic mass is 16.5. The molecule has 0 amide bonds. The third kappa shape index (κ3) is 2.20. The number of esters is 1. The second-order valence-corrected chi connectivity index (χ2v) is 2.25. The van der Waals surface area contributed by atoms with E-state index in [1.807, 2.05) is 6.08 Å². The monoisotopic (exact) mass is 153 g/mol. The Kier molecular flexibility index (Phi) is 2.86. The molecule has 0 aromatic rings. The summed E-state index contributed by atoms with van der Waals surface area (Å²) in [7, 11) is 0. The van der Waals surface area contributed by atoms with Crippen LogP contribution in [0, 0.1) is 0 Å². The van der Waals surface area contributed by atoms with Crippen LogP contribution in [0.5, 0.6) is 0 Å². The number of rotatable bonds is 3. The van der Waals surface area contributed by atoms with Gasteiger partial charge in [-0.3, -0.25) is 0 Å². The lowest BCUT2D eigenvalue weighted by Crippen LogP contribution is -2.14. The first-order valence-corrected chi connectivity index (χ1v) is 3.52. The molecule has 0 bridgehead atoms. The zero-order valence-electron chi connectivity index (χ0n) is 6.30. The Morgan fingerprint density at radius 1 is 1.91 bits per heavy atom. The lowest BCUT2D eigenvalue weighted by molar-refractivity contribution is -0.137. The van der Waals surface area contributed by atoms with Crippen LogP contribution in [0.4, 0.5) is 0 Å². The maximum Gasteiger partial charge on any atom is 0.335 e. The van der Waals surface area contributed by atoms with Gasteiger partial charge in [0.2, 0.25) is 0 Å². The second-order valence-electron chi connectivity index (χ2n) is 2.25. The van der Waals surface area contributed by atoms with Crippen molar-refractivity contribution in [1.29, 1.82) is 0 Å². The van der Waals surface area contributed by atoms with Crippen LogP contribution >= 0.6 is 0 Å². The SMILES string of the molecule is C=CCOC(=O)C1=CCNC1. The van der Waals surface area contributed by atoms with Gasteiger partial charge in [-0.1, -0.05) is 18.7 Å². The Hall–Kier alpha value is -1.09. The Bertz CT molecular complexity index is 196. The summed E-state index contributed by atoms with van der Waals surface area (Å²) >= 11 is 0. The average Bonchev–Trinajstić information content (AvgIpc) is 2.52. The predicted molar refractivity (Wildman–Crippen MR) is 42.1 cm³/mol. The molecular formula is C8H11NO2. The molecule has 0 spiro atoms. The number of hydrogen-bond acceptors (Lipinski definition) is 3. The fourth-order valence-electron chi connectivity index (χ4n) is 0.857. The molecule has 1 N–H and O–H groups in total. The number of carbonyl (C=O) groups excluding carboxylic acids is 1. The van der Waals surface area contributed by atoms with Gasteiger partial charge in [0.25, 0.3) is 0 Å². The van der Waals surface area contributed by atoms with E-state index in [2.05, 4.69) is 11.9 Å². The van der Waals surface area contributed by atoms with Gasteiger partial charge in [0, 0.05) is 18.7 Å². The Morgan fingerprint density at radius 2 is 2.73 bits per heavy atom. The fraction of sp³-hybridized carbons (Fsp3) is 0.375. The summed E-state index contributed by atoms with van der Waals surface area (Å²) in [5, 5.41) is 3.01. The van der Waals surface area contributed by atoms with E-state index in [-0.39, 0.29) is 12.6 Å². The van der Waals surface area contributed by atoms with Crippen LogP contribution in [0.1, 0.15) is 0 Å². The summed E-state index contributed by atoms with van der Waals surface area (Å²) < 4.78 is 4.81. The van der Waals surface area contributed by atoms with E-state index in [0.717, 1.165) is 6.54 Å². The first-order chi connectivity index (χ1) is 5.34. The van der Waals surface area contributed by atoms with Gasteiger partial charge in [-0.15, -0.1) is 0 Å². The van der Waals surface area contributed by atoms with Gasteiger partial charge in [-0.05, 0) is 0 Å². The van der Waals surface area contributed by atoms with Crippen LogP contribution in [-0.2, 0) is 9.53 Å². The van der Waals surface area contributed by atoms with Crippen molar-refractivity contribution in [2.45, 2.75) is 0 Å². The Balaban J connectivity index is 2.34. The zero-order valence-corrected chi connectivity index (χ0v) is 6.30. The molecule has 0 aromatic carbocycles. The first-order valence-electron chi connectivity index (χ1n) is 3.52. The molecule has 0 unspecified atom stereocenters. The molecule has 0 fully saturated rings. The van der Waals surface area contributed by atoms with E-state index in [0.29, 0.717) is 12.1 Å². The highest BCUT2D eigenvalue weighted by molar-refractivity contribution is 5.89. The molecule has 11 heavy (non-hydrogen) atoms. The largest absolute Gasteiger partial charge is 0.458 e. The third-order valence-electron chi connectivity index (χ3n) is 1.40. The summed E-state index contributed by atoms with van der Waals surface area (Å²) in [6.07, 6.45) is 3.40. The summed E-state index contributed by atoms with van der Waals surface area (Å²) in [5.74, 6) is -0.241. The Labute approximate surface area is 65.7 Å². The summed E-state index contributed by atoms with van der Waals surface area (Å²) in [6.45, 7) is 5.12. The van der Waals surface area contributed by atoms with Crippen molar-refractivity contribution in [2.24, 2.45) is 0 Å². The van der Waals surface area contributed by atoms with Gasteiger partial charge in [0.05, 0.1) is 0 Å². The van der Waals surface area contributed by atoms with Gasteiger partial charge in [0.1, 0.15) is 6.61 Å². The van der Waals surface area contributed by atoms with Gasteiger partial charge < -0.3 is 10.1 Å². The van der Waals surface area contributed by atoms with Crippen molar-refractivity contribution in [3.05, 3.63) is 24.3 Å². The van der Waals surface area contributed by atoms with Crippen LogP contribution in [0.3, 0.4) is 0 Å². The van der Waals surface area contributed by atoms with Crippen molar-refractivity contribution in [3.63, 3.8) is 0 Å². The quantitative estimate of drug-likeness (QED) is 0.466. The minimum atomic E-state index is -0.241. The van der Waals surface area contributed by atoms with Crippen molar-refractivity contribution in [1.82, 2.24) is 5.32 Å². The molecule has 0 aromatic heterocycles. The molecule has 3 nitrogen and oxygen atoms in total. The molecule has 1 heterocycles. The average molecular weight is 153 g/mol. The molecule has 0 atom stereocenters. The van der Waals surface area contributed by atoms with E-state index in [1.54, 1.807) is 6.08 Å². The molecular weight excluding hydrogens is 142 g/mol. The van der Waals surface area contributed by atoms with Crippen LogP contribution in [0.2, 0.25) is 0 Å². The molecule has 1 aliphatic heterocycles. The molecule has 0 saturated heterocycles. The summed E-state index contributed by atoms with van der Waals surface area (Å²) in [4.78, 5) is 11.0. The molecule has 1 aliphatic rings. The van der Waals surface area contributed by atoms with Crippen molar-refractivity contribution < 1.29 is 9.53 Å². The van der Waals surface area contributed by atoms with Crippen LogP contribution in [-0.4, -0.2) is 25.7 Å². The maximum absolute atomic E-state index is 11.0. The van der Waals surface area contributed by atoms with Crippen LogP contribution in [0.25, 0.3) is 0 Å². The van der Waals surface area contributed by atoms with Gasteiger partial charge >= 0.3 is 5.97 Å². The summed E-state index contributed by atoms with van der Waals surface area (Å²) in [5.41, 5.74) is 0.715. The van der Waals surface area contributed by atoms with Crippen LogP contribution in [0.15, 0.2) is 24.3 Å². The van der Waals surface area contributed by atoms with E-state index in [9.17, 15) is 4.79 Å². The second kappa shape index (κ2) is 3.93. The lowest BCUT2D eigenvalue weighted by Gasteiger charge is -2.00.